The lowest BCUT2D eigenvalue weighted by Crippen LogP contribution is -2.49. The number of carboxylic acid groups (broad SMARTS) is 1. The van der Waals surface area contributed by atoms with Crippen LogP contribution in [0, 0.1) is 29.1 Å². The molecule has 0 radical (unpaired) electrons. The number of nitrogens with zero attached hydrogens (tertiary/aromatic N) is 2. The second kappa shape index (κ2) is 11.0. The fourth-order valence-electron chi connectivity index (χ4n) is 4.48. The van der Waals surface area contributed by atoms with Gasteiger partial charge in [0.05, 0.1) is 10.6 Å². The van der Waals surface area contributed by atoms with Crippen molar-refractivity contribution in [3.8, 4) is 11.8 Å². The molecule has 5 nitrogen and oxygen atoms in total. The molecule has 1 N–H and O–H groups in total. The molecule has 1 saturated heterocycles. The quantitative estimate of drug-likeness (QED) is 0.576. The maximum atomic E-state index is 13.8. The number of piperidine rings is 1. The molecule has 3 rings (SSSR count). The number of amides is 1. The van der Waals surface area contributed by atoms with Crippen molar-refractivity contribution in [2.75, 3.05) is 25.0 Å². The Morgan fingerprint density at radius 2 is 1.72 bits per heavy atom. The molecule has 1 aromatic rings. The van der Waals surface area contributed by atoms with E-state index in [1.54, 1.807) is 0 Å². The highest BCUT2D eigenvalue weighted by molar-refractivity contribution is 7.15. The van der Waals surface area contributed by atoms with Crippen LogP contribution >= 0.6 is 23.7 Å². The van der Waals surface area contributed by atoms with Gasteiger partial charge in [-0.3, -0.25) is 4.79 Å². The zero-order valence-electron chi connectivity index (χ0n) is 19.9. The van der Waals surface area contributed by atoms with Gasteiger partial charge in [-0.15, -0.1) is 23.7 Å². The molecule has 7 heteroatoms. The third-order valence-electron chi connectivity index (χ3n) is 6.38. The summed E-state index contributed by atoms with van der Waals surface area (Å²) in [5.74, 6) is 6.12. The van der Waals surface area contributed by atoms with Gasteiger partial charge in [-0.2, -0.15) is 0 Å². The largest absolute Gasteiger partial charge is 0.477 e. The predicted octanol–water partition coefficient (Wildman–Crippen LogP) is 5.52. The van der Waals surface area contributed by atoms with E-state index in [4.69, 9.17) is 0 Å². The third-order valence-corrected chi connectivity index (χ3v) is 7.41. The van der Waals surface area contributed by atoms with Gasteiger partial charge in [0.25, 0.3) is 0 Å². The zero-order chi connectivity index (χ0) is 22.8. The number of carbonyl (C=O) groups is 2. The van der Waals surface area contributed by atoms with Crippen LogP contribution in [-0.4, -0.2) is 48.1 Å². The molecule has 0 aromatic carbocycles. The molecule has 1 amide bonds. The molecular formula is C25H37ClN2O3S. The highest BCUT2D eigenvalue weighted by Crippen LogP contribution is 2.37. The molecule has 1 aliphatic heterocycles. The number of carbonyl (C=O) groups excluding carboxylic acids is 1. The normalized spacial score (nSPS) is 22.4. The molecule has 1 aliphatic carbocycles. The Morgan fingerprint density at radius 3 is 2.25 bits per heavy atom. The Balaban J connectivity index is 0.00000363. The standard InChI is InChI=1S/C25H36N2O3S.ClH/c1-17-6-8-18(9-7-17)23(28)27(19-11-14-26(5)15-12-19)21-16-20(10-13-25(2,3)4)31-22(21)24(29)30;/h16-19H,6-9,11-12,14-15H2,1-5H3,(H,29,30);1H/t17-,18-;. The molecule has 2 heterocycles. The molecule has 32 heavy (non-hydrogen) atoms. The van der Waals surface area contributed by atoms with E-state index in [-0.39, 0.29) is 40.6 Å². The summed E-state index contributed by atoms with van der Waals surface area (Å²) in [4.78, 5) is 31.0. The highest BCUT2D eigenvalue weighted by atomic mass is 35.5. The van der Waals surface area contributed by atoms with Gasteiger partial charge in [0.15, 0.2) is 0 Å². The van der Waals surface area contributed by atoms with E-state index in [0.29, 0.717) is 16.5 Å². The van der Waals surface area contributed by atoms with Gasteiger partial charge >= 0.3 is 5.97 Å². The average molecular weight is 481 g/mol. The van der Waals surface area contributed by atoms with Crippen molar-refractivity contribution in [1.29, 1.82) is 0 Å². The first-order valence-electron chi connectivity index (χ1n) is 11.5. The molecule has 1 saturated carbocycles. The maximum absolute atomic E-state index is 13.8. The molecule has 0 unspecified atom stereocenters. The minimum Gasteiger partial charge on any atom is -0.477 e. The van der Waals surface area contributed by atoms with Crippen molar-refractivity contribution in [3.05, 3.63) is 15.8 Å². The lowest BCUT2D eigenvalue weighted by atomic mass is 9.82. The summed E-state index contributed by atoms with van der Waals surface area (Å²) in [5.41, 5.74) is 0.379. The third kappa shape index (κ3) is 6.73. The molecule has 1 aromatic heterocycles. The summed E-state index contributed by atoms with van der Waals surface area (Å²) in [6.45, 7) is 10.2. The second-order valence-corrected chi connectivity index (χ2v) is 11.4. The van der Waals surface area contributed by atoms with Gasteiger partial charge in [-0.1, -0.05) is 18.8 Å². The van der Waals surface area contributed by atoms with E-state index in [0.717, 1.165) is 51.6 Å². The second-order valence-electron chi connectivity index (χ2n) is 10.3. The number of anilines is 1. The van der Waals surface area contributed by atoms with Crippen LogP contribution in [0.25, 0.3) is 0 Å². The Kier molecular flexibility index (Phi) is 9.22. The molecule has 0 spiro atoms. The van der Waals surface area contributed by atoms with Gasteiger partial charge in [0, 0.05) is 17.4 Å². The zero-order valence-corrected chi connectivity index (χ0v) is 21.6. The highest BCUT2D eigenvalue weighted by Gasteiger charge is 2.36. The van der Waals surface area contributed by atoms with Crippen LogP contribution in [0.1, 0.15) is 80.8 Å². The Bertz CT molecular complexity index is 864. The van der Waals surface area contributed by atoms with Gasteiger partial charge in [0.2, 0.25) is 5.91 Å². The fourth-order valence-corrected chi connectivity index (χ4v) is 5.32. The first kappa shape index (κ1) is 26.7. The lowest BCUT2D eigenvalue weighted by Gasteiger charge is -2.39. The van der Waals surface area contributed by atoms with Gasteiger partial charge in [-0.05, 0) is 91.4 Å². The van der Waals surface area contributed by atoms with Crippen molar-refractivity contribution < 1.29 is 14.7 Å². The van der Waals surface area contributed by atoms with E-state index in [2.05, 4.69) is 30.7 Å². The minimum atomic E-state index is -0.980. The van der Waals surface area contributed by atoms with Crippen molar-refractivity contribution in [2.45, 2.75) is 72.3 Å². The number of thiophene rings is 1. The van der Waals surface area contributed by atoms with Gasteiger partial charge in [0.1, 0.15) is 4.88 Å². The number of carboxylic acids is 1. The number of hydrogen-bond donors (Lipinski definition) is 1. The topological polar surface area (TPSA) is 60.9 Å². The Hall–Kier alpha value is -1.55. The van der Waals surface area contributed by atoms with E-state index < -0.39 is 5.97 Å². The van der Waals surface area contributed by atoms with Crippen molar-refractivity contribution >= 4 is 41.3 Å². The van der Waals surface area contributed by atoms with Crippen molar-refractivity contribution in [2.24, 2.45) is 17.3 Å². The van der Waals surface area contributed by atoms with E-state index in [1.807, 2.05) is 31.7 Å². The molecule has 2 aliphatic rings. The van der Waals surface area contributed by atoms with Crippen LogP contribution in [0.5, 0.6) is 0 Å². The van der Waals surface area contributed by atoms with Crippen LogP contribution in [0.3, 0.4) is 0 Å². The molecule has 0 atom stereocenters. The summed E-state index contributed by atoms with van der Waals surface area (Å²) in [6, 6.07) is 1.88. The van der Waals surface area contributed by atoms with E-state index >= 15 is 0 Å². The summed E-state index contributed by atoms with van der Waals surface area (Å²) >= 11 is 1.19. The lowest BCUT2D eigenvalue weighted by molar-refractivity contribution is -0.124. The first-order valence-corrected chi connectivity index (χ1v) is 12.3. The number of rotatable bonds is 4. The average Bonchev–Trinajstić information content (AvgIpc) is 3.12. The summed E-state index contributed by atoms with van der Waals surface area (Å²) in [5, 5.41) is 9.94. The van der Waals surface area contributed by atoms with Crippen LogP contribution in [0.15, 0.2) is 6.07 Å². The summed E-state index contributed by atoms with van der Waals surface area (Å²) in [6.07, 6.45) is 5.65. The number of aromatic carboxylic acids is 1. The SMILES string of the molecule is CN1CCC(N(c2cc(C#CC(C)(C)C)sc2C(=O)O)C(=O)[C@H]2CC[C@H](C)CC2)CC1.Cl. The summed E-state index contributed by atoms with van der Waals surface area (Å²) in [7, 11) is 2.10. The van der Waals surface area contributed by atoms with E-state index in [9.17, 15) is 14.7 Å². The Labute approximate surface area is 203 Å². The van der Waals surface area contributed by atoms with Crippen LogP contribution in [-0.2, 0) is 4.79 Å². The van der Waals surface area contributed by atoms with Gasteiger partial charge in [-0.25, -0.2) is 4.79 Å². The molecule has 178 valence electrons. The van der Waals surface area contributed by atoms with Crippen LogP contribution in [0.4, 0.5) is 5.69 Å². The van der Waals surface area contributed by atoms with Crippen molar-refractivity contribution in [3.63, 3.8) is 0 Å². The fraction of sp³-hybridized carbons (Fsp3) is 0.680. The predicted molar refractivity (Wildman–Crippen MR) is 134 cm³/mol. The van der Waals surface area contributed by atoms with Crippen molar-refractivity contribution in [1.82, 2.24) is 4.90 Å². The van der Waals surface area contributed by atoms with Gasteiger partial charge < -0.3 is 14.9 Å². The smallest absolute Gasteiger partial charge is 0.348 e. The summed E-state index contributed by atoms with van der Waals surface area (Å²) < 4.78 is 0. The molecule has 0 bridgehead atoms. The van der Waals surface area contributed by atoms with E-state index in [1.165, 1.54) is 11.3 Å². The first-order chi connectivity index (χ1) is 14.5. The Morgan fingerprint density at radius 1 is 1.12 bits per heavy atom. The molecule has 2 fully saturated rings. The number of likely N-dealkylation sites (tertiary alicyclic amines) is 1. The van der Waals surface area contributed by atoms with Crippen LogP contribution < -0.4 is 4.90 Å². The maximum Gasteiger partial charge on any atom is 0.348 e. The minimum absolute atomic E-state index is 0. The monoisotopic (exact) mass is 480 g/mol. The number of hydrogen-bond acceptors (Lipinski definition) is 4. The van der Waals surface area contributed by atoms with Crippen LogP contribution in [0.2, 0.25) is 0 Å². The molecular weight excluding hydrogens is 444 g/mol. The number of halogens is 1.